The molecule has 134 valence electrons. The van der Waals surface area contributed by atoms with Crippen LogP contribution in [0, 0.1) is 6.92 Å². The van der Waals surface area contributed by atoms with Crippen LogP contribution in [0.2, 0.25) is 0 Å². The number of carbonyl (C=O) groups excluding carboxylic acids is 1. The molecule has 0 atom stereocenters. The molecule has 2 aromatic carbocycles. The summed E-state index contributed by atoms with van der Waals surface area (Å²) in [6, 6.07) is 11.6. The molecule has 0 aliphatic carbocycles. The summed E-state index contributed by atoms with van der Waals surface area (Å²) in [4.78, 5) is 12.5. The van der Waals surface area contributed by atoms with Gasteiger partial charge >= 0.3 is 0 Å². The Labute approximate surface area is 155 Å². The van der Waals surface area contributed by atoms with Crippen LogP contribution in [-0.4, -0.2) is 34.6 Å². The summed E-state index contributed by atoms with van der Waals surface area (Å²) in [5, 5.41) is 2.75. The van der Waals surface area contributed by atoms with Gasteiger partial charge in [-0.25, -0.2) is 13.1 Å². The van der Waals surface area contributed by atoms with Crippen LogP contribution < -0.4 is 10.0 Å². The van der Waals surface area contributed by atoms with Crippen LogP contribution in [-0.2, 0) is 14.8 Å². The van der Waals surface area contributed by atoms with E-state index >= 15 is 0 Å². The second-order valence-electron chi connectivity index (χ2n) is 5.35. The number of anilines is 1. The Balaban J connectivity index is 2.23. The molecular weight excluding hydrogens is 408 g/mol. The number of methoxy groups -OCH3 is 1. The molecule has 0 fully saturated rings. The first kappa shape index (κ1) is 19.6. The van der Waals surface area contributed by atoms with Gasteiger partial charge in [-0.1, -0.05) is 17.7 Å². The number of hydrogen-bond donors (Lipinski definition) is 2. The Morgan fingerprint density at radius 2 is 1.84 bits per heavy atom. The normalized spacial score (nSPS) is 11.3. The predicted molar refractivity (Wildman–Crippen MR) is 100 cm³/mol. The third kappa shape index (κ3) is 5.37. The van der Waals surface area contributed by atoms with Gasteiger partial charge in [0, 0.05) is 23.8 Å². The number of sulfonamides is 1. The van der Waals surface area contributed by atoms with Crippen LogP contribution in [0.4, 0.5) is 5.69 Å². The molecule has 2 rings (SSSR count). The Hall–Kier alpha value is -1.74. The van der Waals surface area contributed by atoms with Gasteiger partial charge in [-0.2, -0.15) is 0 Å². The van der Waals surface area contributed by atoms with Crippen LogP contribution >= 0.6 is 15.9 Å². The number of rotatable bonds is 7. The average Bonchev–Trinajstić information content (AvgIpc) is 2.57. The number of aryl methyl sites for hydroxylation is 1. The molecule has 8 heteroatoms. The summed E-state index contributed by atoms with van der Waals surface area (Å²) in [6.45, 7) is 2.36. The van der Waals surface area contributed by atoms with Crippen molar-refractivity contribution in [3.05, 3.63) is 58.1 Å². The molecule has 1 amide bonds. The van der Waals surface area contributed by atoms with Crippen molar-refractivity contribution in [2.75, 3.05) is 25.6 Å². The second-order valence-corrected chi connectivity index (χ2v) is 7.97. The van der Waals surface area contributed by atoms with E-state index in [-0.39, 0.29) is 23.6 Å². The van der Waals surface area contributed by atoms with Crippen molar-refractivity contribution in [2.45, 2.75) is 11.8 Å². The van der Waals surface area contributed by atoms with Gasteiger partial charge < -0.3 is 10.1 Å². The monoisotopic (exact) mass is 426 g/mol. The summed E-state index contributed by atoms with van der Waals surface area (Å²) in [5.74, 6) is -0.398. The predicted octanol–water partition coefficient (Wildman–Crippen LogP) is 2.93. The third-order valence-electron chi connectivity index (χ3n) is 3.40. The molecule has 0 bridgehead atoms. The fourth-order valence-corrected chi connectivity index (χ4v) is 3.51. The molecule has 0 unspecified atom stereocenters. The SMILES string of the molecule is COCCNS(=O)(=O)c1ccc(Br)c(C(=O)Nc2ccc(C)cc2)c1. The van der Waals surface area contributed by atoms with Crippen molar-refractivity contribution in [3.63, 3.8) is 0 Å². The first-order valence-corrected chi connectivity index (χ1v) is 9.77. The molecule has 0 saturated carbocycles. The molecular formula is C17H19BrN2O4S. The van der Waals surface area contributed by atoms with Crippen LogP contribution in [0.25, 0.3) is 0 Å². The fourth-order valence-electron chi connectivity index (χ4n) is 2.04. The van der Waals surface area contributed by atoms with E-state index in [1.165, 1.54) is 25.3 Å². The molecule has 0 aromatic heterocycles. The van der Waals surface area contributed by atoms with Crippen LogP contribution in [0.3, 0.4) is 0 Å². The van der Waals surface area contributed by atoms with Gasteiger partial charge in [0.15, 0.2) is 0 Å². The number of amides is 1. The van der Waals surface area contributed by atoms with Crippen molar-refractivity contribution in [1.82, 2.24) is 4.72 Å². The first-order chi connectivity index (χ1) is 11.8. The minimum atomic E-state index is -3.71. The van der Waals surface area contributed by atoms with Gasteiger partial charge in [-0.05, 0) is 53.2 Å². The van der Waals surface area contributed by atoms with Crippen molar-refractivity contribution >= 4 is 37.5 Å². The van der Waals surface area contributed by atoms with E-state index in [4.69, 9.17) is 4.74 Å². The molecule has 2 N–H and O–H groups in total. The lowest BCUT2D eigenvalue weighted by atomic mass is 10.2. The maximum Gasteiger partial charge on any atom is 0.256 e. The summed E-state index contributed by atoms with van der Waals surface area (Å²) in [6.07, 6.45) is 0. The lowest BCUT2D eigenvalue weighted by Gasteiger charge is -2.10. The number of ether oxygens (including phenoxy) is 1. The zero-order valence-corrected chi connectivity index (χ0v) is 16.3. The van der Waals surface area contributed by atoms with Gasteiger partial charge in [-0.3, -0.25) is 4.79 Å². The molecule has 0 spiro atoms. The summed E-state index contributed by atoms with van der Waals surface area (Å²) < 4.78 is 32.3. The van der Waals surface area contributed by atoms with Crippen molar-refractivity contribution in [3.8, 4) is 0 Å². The summed E-state index contributed by atoms with van der Waals surface area (Å²) >= 11 is 3.29. The van der Waals surface area contributed by atoms with E-state index in [2.05, 4.69) is 26.0 Å². The summed E-state index contributed by atoms with van der Waals surface area (Å²) in [7, 11) is -2.23. The Bertz CT molecular complexity index is 851. The Morgan fingerprint density at radius 3 is 2.48 bits per heavy atom. The van der Waals surface area contributed by atoms with E-state index in [1.54, 1.807) is 12.1 Å². The molecule has 0 aliphatic rings. The van der Waals surface area contributed by atoms with E-state index in [0.29, 0.717) is 10.2 Å². The van der Waals surface area contributed by atoms with Gasteiger partial charge in [-0.15, -0.1) is 0 Å². The highest BCUT2D eigenvalue weighted by Crippen LogP contribution is 2.22. The van der Waals surface area contributed by atoms with Gasteiger partial charge in [0.1, 0.15) is 0 Å². The smallest absolute Gasteiger partial charge is 0.256 e. The van der Waals surface area contributed by atoms with Crippen LogP contribution in [0.1, 0.15) is 15.9 Å². The maximum atomic E-state index is 12.5. The van der Waals surface area contributed by atoms with E-state index < -0.39 is 15.9 Å². The maximum absolute atomic E-state index is 12.5. The van der Waals surface area contributed by atoms with E-state index in [9.17, 15) is 13.2 Å². The summed E-state index contributed by atoms with van der Waals surface area (Å²) in [5.41, 5.74) is 1.94. The molecule has 0 heterocycles. The minimum Gasteiger partial charge on any atom is -0.383 e. The van der Waals surface area contributed by atoms with Crippen LogP contribution in [0.15, 0.2) is 51.8 Å². The largest absolute Gasteiger partial charge is 0.383 e. The standard InChI is InChI=1S/C17H19BrN2O4S/c1-12-3-5-13(6-4-12)20-17(21)15-11-14(7-8-16(15)18)25(22,23)19-9-10-24-2/h3-8,11,19H,9-10H2,1-2H3,(H,20,21). The minimum absolute atomic E-state index is 0.0147. The van der Waals surface area contributed by atoms with Gasteiger partial charge in [0.25, 0.3) is 5.91 Å². The van der Waals surface area contributed by atoms with E-state index in [0.717, 1.165) is 5.56 Å². The van der Waals surface area contributed by atoms with Crippen LogP contribution in [0.5, 0.6) is 0 Å². The molecule has 0 aliphatic heterocycles. The third-order valence-corrected chi connectivity index (χ3v) is 5.55. The highest BCUT2D eigenvalue weighted by molar-refractivity contribution is 9.10. The molecule has 0 radical (unpaired) electrons. The van der Waals surface area contributed by atoms with Crippen molar-refractivity contribution in [2.24, 2.45) is 0 Å². The Morgan fingerprint density at radius 1 is 1.16 bits per heavy atom. The number of halogens is 1. The molecule has 25 heavy (non-hydrogen) atoms. The topological polar surface area (TPSA) is 84.5 Å². The molecule has 6 nitrogen and oxygen atoms in total. The number of carbonyl (C=O) groups is 1. The molecule has 2 aromatic rings. The van der Waals surface area contributed by atoms with Gasteiger partial charge in [0.05, 0.1) is 17.1 Å². The quantitative estimate of drug-likeness (QED) is 0.666. The fraction of sp³-hybridized carbons (Fsp3) is 0.235. The first-order valence-electron chi connectivity index (χ1n) is 7.49. The van der Waals surface area contributed by atoms with E-state index in [1.807, 2.05) is 19.1 Å². The van der Waals surface area contributed by atoms with Crippen molar-refractivity contribution in [1.29, 1.82) is 0 Å². The van der Waals surface area contributed by atoms with Crippen molar-refractivity contribution < 1.29 is 17.9 Å². The number of hydrogen-bond acceptors (Lipinski definition) is 4. The number of benzene rings is 2. The lowest BCUT2D eigenvalue weighted by molar-refractivity contribution is 0.102. The Kier molecular flexibility index (Phi) is 6.71. The number of nitrogens with one attached hydrogen (secondary N) is 2. The zero-order valence-electron chi connectivity index (χ0n) is 13.9. The average molecular weight is 427 g/mol. The second kappa shape index (κ2) is 8.57. The highest BCUT2D eigenvalue weighted by atomic mass is 79.9. The zero-order chi connectivity index (χ0) is 18.4. The highest BCUT2D eigenvalue weighted by Gasteiger charge is 2.18. The lowest BCUT2D eigenvalue weighted by Crippen LogP contribution is -2.27. The molecule has 0 saturated heterocycles. The van der Waals surface area contributed by atoms with Gasteiger partial charge in [0.2, 0.25) is 10.0 Å².